The van der Waals surface area contributed by atoms with Gasteiger partial charge in [0.05, 0.1) is 13.2 Å². The normalized spacial score (nSPS) is 16.5. The number of hydrogen-bond acceptors (Lipinski definition) is 5. The van der Waals surface area contributed by atoms with Crippen LogP contribution in [0, 0.1) is 11.2 Å². The second-order valence-corrected chi connectivity index (χ2v) is 8.77. The molecule has 1 atom stereocenters. The summed E-state index contributed by atoms with van der Waals surface area (Å²) in [6.07, 6.45) is 2.47. The Labute approximate surface area is 180 Å². The number of ether oxygens (including phenoxy) is 1. The molecule has 0 unspecified atom stereocenters. The first kappa shape index (κ1) is 21.0. The SMILES string of the molecule is CC(C)(COc1ccc(C(=O)N2CC[C@H](c3ccc(F)cc3)C2)cc1)Cn1cnnn1. The lowest BCUT2D eigenvalue weighted by molar-refractivity contribution is 0.0790. The number of aromatic nitrogens is 4. The minimum atomic E-state index is -0.240. The number of amides is 1. The molecule has 7 nitrogen and oxygen atoms in total. The molecule has 31 heavy (non-hydrogen) atoms. The summed E-state index contributed by atoms with van der Waals surface area (Å²) in [4.78, 5) is 14.7. The van der Waals surface area contributed by atoms with Crippen molar-refractivity contribution in [3.63, 3.8) is 0 Å². The van der Waals surface area contributed by atoms with Crippen molar-refractivity contribution in [3.05, 3.63) is 71.8 Å². The monoisotopic (exact) mass is 423 g/mol. The Morgan fingerprint density at radius 1 is 1.16 bits per heavy atom. The zero-order valence-corrected chi connectivity index (χ0v) is 17.7. The molecule has 1 amide bonds. The molecular weight excluding hydrogens is 397 g/mol. The smallest absolute Gasteiger partial charge is 0.253 e. The van der Waals surface area contributed by atoms with Gasteiger partial charge in [0.25, 0.3) is 5.91 Å². The fraction of sp³-hybridized carbons (Fsp3) is 0.391. The fourth-order valence-corrected chi connectivity index (χ4v) is 3.84. The molecule has 0 spiro atoms. The molecular formula is C23H26FN5O2. The van der Waals surface area contributed by atoms with Gasteiger partial charge in [0.1, 0.15) is 17.9 Å². The van der Waals surface area contributed by atoms with Gasteiger partial charge in [-0.25, -0.2) is 9.07 Å². The highest BCUT2D eigenvalue weighted by Gasteiger charge is 2.28. The fourth-order valence-electron chi connectivity index (χ4n) is 3.84. The third kappa shape index (κ3) is 5.25. The van der Waals surface area contributed by atoms with Gasteiger partial charge in [-0.3, -0.25) is 4.79 Å². The second kappa shape index (κ2) is 8.83. The van der Waals surface area contributed by atoms with Crippen LogP contribution in [0.3, 0.4) is 0 Å². The first-order valence-corrected chi connectivity index (χ1v) is 10.4. The number of hydrogen-bond donors (Lipinski definition) is 0. The van der Waals surface area contributed by atoms with Crippen LogP contribution < -0.4 is 4.74 Å². The Balaban J connectivity index is 1.31. The van der Waals surface area contributed by atoms with Gasteiger partial charge in [0.15, 0.2) is 0 Å². The average Bonchev–Trinajstić information content (AvgIpc) is 3.45. The number of rotatable bonds is 7. The van der Waals surface area contributed by atoms with E-state index in [0.717, 1.165) is 12.0 Å². The number of benzene rings is 2. The molecule has 1 aliphatic rings. The van der Waals surface area contributed by atoms with E-state index in [4.69, 9.17) is 4.74 Å². The van der Waals surface area contributed by atoms with Crippen molar-refractivity contribution in [1.82, 2.24) is 25.1 Å². The Hall–Kier alpha value is -3.29. The first-order valence-electron chi connectivity index (χ1n) is 10.4. The van der Waals surface area contributed by atoms with Crippen molar-refractivity contribution in [2.24, 2.45) is 5.41 Å². The zero-order chi connectivity index (χ0) is 21.8. The highest BCUT2D eigenvalue weighted by molar-refractivity contribution is 5.94. The van der Waals surface area contributed by atoms with E-state index in [1.807, 2.05) is 17.0 Å². The van der Waals surface area contributed by atoms with Crippen LogP contribution in [0.2, 0.25) is 0 Å². The van der Waals surface area contributed by atoms with Crippen LogP contribution in [0.5, 0.6) is 5.75 Å². The van der Waals surface area contributed by atoms with E-state index in [0.29, 0.717) is 37.6 Å². The van der Waals surface area contributed by atoms with E-state index in [1.165, 1.54) is 12.1 Å². The van der Waals surface area contributed by atoms with Crippen molar-refractivity contribution >= 4 is 5.91 Å². The predicted molar refractivity (Wildman–Crippen MR) is 113 cm³/mol. The molecule has 2 aromatic carbocycles. The van der Waals surface area contributed by atoms with Gasteiger partial charge < -0.3 is 9.64 Å². The summed E-state index contributed by atoms with van der Waals surface area (Å²) in [5.74, 6) is 0.729. The molecule has 0 saturated carbocycles. The van der Waals surface area contributed by atoms with Gasteiger partial charge >= 0.3 is 0 Å². The highest BCUT2D eigenvalue weighted by Crippen LogP contribution is 2.29. The molecule has 8 heteroatoms. The molecule has 0 bridgehead atoms. The van der Waals surface area contributed by atoms with Gasteiger partial charge in [0.2, 0.25) is 0 Å². The highest BCUT2D eigenvalue weighted by atomic mass is 19.1. The molecule has 0 N–H and O–H groups in total. The molecule has 162 valence electrons. The Morgan fingerprint density at radius 3 is 2.58 bits per heavy atom. The van der Waals surface area contributed by atoms with E-state index < -0.39 is 0 Å². The summed E-state index contributed by atoms with van der Waals surface area (Å²) < 4.78 is 20.8. The van der Waals surface area contributed by atoms with Crippen LogP contribution in [-0.2, 0) is 6.54 Å². The van der Waals surface area contributed by atoms with Gasteiger partial charge in [0, 0.05) is 30.0 Å². The Kier molecular flexibility index (Phi) is 5.97. The van der Waals surface area contributed by atoms with Crippen molar-refractivity contribution in [3.8, 4) is 5.75 Å². The molecule has 4 rings (SSSR count). The van der Waals surface area contributed by atoms with Gasteiger partial charge in [-0.1, -0.05) is 26.0 Å². The first-order chi connectivity index (χ1) is 14.9. The van der Waals surface area contributed by atoms with Crippen molar-refractivity contribution in [1.29, 1.82) is 0 Å². The Bertz CT molecular complexity index is 1000. The number of likely N-dealkylation sites (tertiary alicyclic amines) is 1. The van der Waals surface area contributed by atoms with Crippen LogP contribution in [0.4, 0.5) is 4.39 Å². The molecule has 1 saturated heterocycles. The molecule has 1 aliphatic heterocycles. The molecule has 1 aromatic heterocycles. The minimum absolute atomic E-state index is 0.00942. The topological polar surface area (TPSA) is 73.1 Å². The minimum Gasteiger partial charge on any atom is -0.493 e. The average molecular weight is 423 g/mol. The number of nitrogens with zero attached hydrogens (tertiary/aromatic N) is 5. The van der Waals surface area contributed by atoms with Crippen molar-refractivity contribution in [2.45, 2.75) is 32.7 Å². The number of carbonyl (C=O) groups is 1. The van der Waals surface area contributed by atoms with E-state index >= 15 is 0 Å². The van der Waals surface area contributed by atoms with Crippen molar-refractivity contribution in [2.75, 3.05) is 19.7 Å². The number of carbonyl (C=O) groups excluding carboxylic acids is 1. The van der Waals surface area contributed by atoms with Gasteiger partial charge in [-0.15, -0.1) is 5.10 Å². The van der Waals surface area contributed by atoms with Crippen LogP contribution in [0.15, 0.2) is 54.9 Å². The van der Waals surface area contributed by atoms with E-state index in [2.05, 4.69) is 29.4 Å². The summed E-state index contributed by atoms with van der Waals surface area (Å²) in [5.41, 5.74) is 1.55. The summed E-state index contributed by atoms with van der Waals surface area (Å²) in [6, 6.07) is 13.8. The number of halogens is 1. The maximum absolute atomic E-state index is 13.2. The maximum Gasteiger partial charge on any atom is 0.253 e. The summed E-state index contributed by atoms with van der Waals surface area (Å²) >= 11 is 0. The van der Waals surface area contributed by atoms with Gasteiger partial charge in [-0.2, -0.15) is 0 Å². The molecule has 0 aliphatic carbocycles. The second-order valence-electron chi connectivity index (χ2n) is 8.77. The predicted octanol–water partition coefficient (Wildman–Crippen LogP) is 3.55. The van der Waals surface area contributed by atoms with Gasteiger partial charge in [-0.05, 0) is 58.8 Å². The lowest BCUT2D eigenvalue weighted by Crippen LogP contribution is -2.28. The molecule has 0 radical (unpaired) electrons. The lowest BCUT2D eigenvalue weighted by Gasteiger charge is -2.24. The summed E-state index contributed by atoms with van der Waals surface area (Å²) in [7, 11) is 0. The van der Waals surface area contributed by atoms with Crippen LogP contribution >= 0.6 is 0 Å². The quantitative estimate of drug-likeness (QED) is 0.581. The van der Waals surface area contributed by atoms with E-state index in [9.17, 15) is 9.18 Å². The van der Waals surface area contributed by atoms with Crippen LogP contribution in [0.25, 0.3) is 0 Å². The van der Waals surface area contributed by atoms with Crippen LogP contribution in [0.1, 0.15) is 42.1 Å². The molecule has 1 fully saturated rings. The standard InChI is InChI=1S/C23H26FN5O2/c1-23(2,14-29-16-25-26-27-29)15-31-21-9-5-18(6-10-21)22(30)28-12-11-19(13-28)17-3-7-20(24)8-4-17/h3-10,16,19H,11-15H2,1-2H3/t19-/m0/s1. The zero-order valence-electron chi connectivity index (χ0n) is 17.7. The van der Waals surface area contributed by atoms with E-state index in [1.54, 1.807) is 35.3 Å². The Morgan fingerprint density at radius 2 is 1.90 bits per heavy atom. The van der Waals surface area contributed by atoms with E-state index in [-0.39, 0.29) is 23.1 Å². The molecule has 2 heterocycles. The third-order valence-electron chi connectivity index (χ3n) is 5.53. The van der Waals surface area contributed by atoms with Crippen LogP contribution in [-0.4, -0.2) is 50.7 Å². The summed E-state index contributed by atoms with van der Waals surface area (Å²) in [6.45, 7) is 6.64. The molecule has 3 aromatic rings. The lowest BCUT2D eigenvalue weighted by atomic mass is 9.95. The third-order valence-corrected chi connectivity index (χ3v) is 5.53. The summed E-state index contributed by atoms with van der Waals surface area (Å²) in [5, 5.41) is 11.2. The largest absolute Gasteiger partial charge is 0.493 e. The number of tetrazole rings is 1. The maximum atomic E-state index is 13.2. The van der Waals surface area contributed by atoms with Crippen molar-refractivity contribution < 1.29 is 13.9 Å².